The molecule has 0 unspecified atom stereocenters. The Morgan fingerprint density at radius 1 is 1.00 bits per heavy atom. The molecule has 6 heteroatoms. The van der Waals surface area contributed by atoms with Gasteiger partial charge in [0.1, 0.15) is 11.6 Å². The molecular weight excluding hydrogens is 272 g/mol. The maximum absolute atomic E-state index is 11.7. The molecular formula is C15H20N2O4. The van der Waals surface area contributed by atoms with Crippen molar-refractivity contribution >= 4 is 28.9 Å². The summed E-state index contributed by atoms with van der Waals surface area (Å²) < 4.78 is 4.71. The molecule has 0 aliphatic heterocycles. The van der Waals surface area contributed by atoms with Crippen LogP contribution in [0.4, 0.5) is 11.4 Å². The molecule has 0 aliphatic rings. The predicted molar refractivity (Wildman–Crippen MR) is 80.9 cm³/mol. The summed E-state index contributed by atoms with van der Waals surface area (Å²) in [6.07, 6.45) is 0. The second kappa shape index (κ2) is 7.42. The van der Waals surface area contributed by atoms with Gasteiger partial charge in [-0.3, -0.25) is 9.59 Å². The van der Waals surface area contributed by atoms with Crippen molar-refractivity contribution in [2.24, 2.45) is 0 Å². The summed E-state index contributed by atoms with van der Waals surface area (Å²) in [4.78, 5) is 33.9. The monoisotopic (exact) mass is 292 g/mol. The van der Waals surface area contributed by atoms with Crippen molar-refractivity contribution in [3.05, 3.63) is 23.3 Å². The van der Waals surface area contributed by atoms with Crippen LogP contribution < -0.4 is 10.6 Å². The van der Waals surface area contributed by atoms with E-state index in [1.807, 2.05) is 6.92 Å². The minimum Gasteiger partial charge on any atom is -0.465 e. The van der Waals surface area contributed by atoms with Gasteiger partial charge in [-0.2, -0.15) is 0 Å². The maximum atomic E-state index is 11.7. The largest absolute Gasteiger partial charge is 0.465 e. The summed E-state index contributed by atoms with van der Waals surface area (Å²) in [5.74, 6) is -0.515. The van der Waals surface area contributed by atoms with Gasteiger partial charge in [0.2, 0.25) is 0 Å². The fraction of sp³-hybridized carbons (Fsp3) is 0.400. The van der Waals surface area contributed by atoms with E-state index in [4.69, 9.17) is 4.74 Å². The van der Waals surface area contributed by atoms with Gasteiger partial charge in [0.05, 0.1) is 25.8 Å². The molecule has 0 spiro atoms. The Hall–Kier alpha value is -2.37. The first-order chi connectivity index (χ1) is 9.85. The molecule has 0 aromatic heterocycles. The quantitative estimate of drug-likeness (QED) is 0.745. The topological polar surface area (TPSA) is 84.5 Å². The number of ether oxygens (including phenoxy) is 1. The zero-order valence-corrected chi connectivity index (χ0v) is 12.7. The molecule has 0 saturated carbocycles. The molecule has 0 amide bonds. The lowest BCUT2D eigenvalue weighted by molar-refractivity contribution is -0.116. The fourth-order valence-corrected chi connectivity index (χ4v) is 1.76. The number of carbonyl (C=O) groups is 3. The van der Waals surface area contributed by atoms with Gasteiger partial charge in [-0.15, -0.1) is 0 Å². The highest BCUT2D eigenvalue weighted by molar-refractivity contribution is 5.93. The van der Waals surface area contributed by atoms with Crippen LogP contribution in [-0.2, 0) is 14.3 Å². The van der Waals surface area contributed by atoms with Crippen LogP contribution in [0.5, 0.6) is 0 Å². The van der Waals surface area contributed by atoms with Crippen LogP contribution in [0.15, 0.2) is 12.1 Å². The normalized spacial score (nSPS) is 9.90. The van der Waals surface area contributed by atoms with E-state index in [-0.39, 0.29) is 24.7 Å². The van der Waals surface area contributed by atoms with Crippen molar-refractivity contribution < 1.29 is 19.1 Å². The number of rotatable bonds is 7. The van der Waals surface area contributed by atoms with Crippen LogP contribution in [-0.4, -0.2) is 37.7 Å². The molecule has 0 aliphatic carbocycles. The lowest BCUT2D eigenvalue weighted by atomic mass is 10.1. The van der Waals surface area contributed by atoms with Gasteiger partial charge >= 0.3 is 5.97 Å². The van der Waals surface area contributed by atoms with Crippen LogP contribution in [0.1, 0.15) is 29.8 Å². The molecule has 0 saturated heterocycles. The van der Waals surface area contributed by atoms with Gasteiger partial charge < -0.3 is 15.4 Å². The zero-order chi connectivity index (χ0) is 16.0. The third-order valence-electron chi connectivity index (χ3n) is 2.88. The Kier molecular flexibility index (Phi) is 5.90. The highest BCUT2D eigenvalue weighted by Gasteiger charge is 2.13. The number of Topliss-reactive ketones (excluding diaryl/α,β-unsaturated/α-hetero) is 2. The van der Waals surface area contributed by atoms with Crippen molar-refractivity contribution in [3.63, 3.8) is 0 Å². The van der Waals surface area contributed by atoms with Crippen LogP contribution in [0.3, 0.4) is 0 Å². The number of esters is 1. The van der Waals surface area contributed by atoms with Crippen molar-refractivity contribution in [1.29, 1.82) is 0 Å². The van der Waals surface area contributed by atoms with E-state index in [0.29, 0.717) is 16.9 Å². The van der Waals surface area contributed by atoms with Crippen LogP contribution in [0.2, 0.25) is 0 Å². The highest BCUT2D eigenvalue weighted by Crippen LogP contribution is 2.26. The van der Waals surface area contributed by atoms with E-state index in [2.05, 4.69) is 10.6 Å². The average Bonchev–Trinajstić information content (AvgIpc) is 2.43. The summed E-state index contributed by atoms with van der Waals surface area (Å²) in [5, 5.41) is 5.96. The first-order valence-electron chi connectivity index (χ1n) is 6.54. The van der Waals surface area contributed by atoms with Gasteiger partial charge in [-0.1, -0.05) is 0 Å². The molecule has 0 fully saturated rings. The smallest absolute Gasteiger partial charge is 0.337 e. The summed E-state index contributed by atoms with van der Waals surface area (Å²) in [5.41, 5.74) is 2.48. The third-order valence-corrected chi connectivity index (χ3v) is 2.88. The van der Waals surface area contributed by atoms with Crippen LogP contribution >= 0.6 is 0 Å². The van der Waals surface area contributed by atoms with Crippen molar-refractivity contribution in [2.75, 3.05) is 30.8 Å². The summed E-state index contributed by atoms with van der Waals surface area (Å²) in [6.45, 7) is 5.12. The number of carbonyl (C=O) groups excluding carboxylic acids is 3. The lowest BCUT2D eigenvalue weighted by Crippen LogP contribution is -2.15. The summed E-state index contributed by atoms with van der Waals surface area (Å²) in [6, 6.07) is 3.26. The number of hydrogen-bond acceptors (Lipinski definition) is 6. The molecule has 1 rings (SSSR count). The molecule has 0 radical (unpaired) electrons. The SMILES string of the molecule is COC(=O)c1cc(NCC(C)=O)c(C)c(NCC(C)=O)c1. The number of methoxy groups -OCH3 is 1. The predicted octanol–water partition coefficient (Wildman–Crippen LogP) is 1.78. The lowest BCUT2D eigenvalue weighted by Gasteiger charge is -2.15. The molecule has 114 valence electrons. The minimum atomic E-state index is -0.480. The summed E-state index contributed by atoms with van der Waals surface area (Å²) >= 11 is 0. The van der Waals surface area contributed by atoms with Crippen molar-refractivity contribution in [2.45, 2.75) is 20.8 Å². The zero-order valence-electron chi connectivity index (χ0n) is 12.7. The Morgan fingerprint density at radius 2 is 1.43 bits per heavy atom. The van der Waals surface area contributed by atoms with E-state index < -0.39 is 5.97 Å². The molecule has 0 bridgehead atoms. The Bertz CT molecular complexity index is 528. The second-order valence-electron chi connectivity index (χ2n) is 4.80. The van der Waals surface area contributed by atoms with Crippen LogP contribution in [0, 0.1) is 6.92 Å². The Labute approximate surface area is 123 Å². The third kappa shape index (κ3) is 4.91. The van der Waals surface area contributed by atoms with E-state index in [1.54, 1.807) is 12.1 Å². The van der Waals surface area contributed by atoms with Gasteiger partial charge in [0.25, 0.3) is 0 Å². The number of benzene rings is 1. The van der Waals surface area contributed by atoms with Gasteiger partial charge in [0, 0.05) is 11.4 Å². The van der Waals surface area contributed by atoms with Crippen molar-refractivity contribution in [1.82, 2.24) is 0 Å². The van der Waals surface area contributed by atoms with E-state index in [0.717, 1.165) is 5.56 Å². The van der Waals surface area contributed by atoms with Crippen LogP contribution in [0.25, 0.3) is 0 Å². The van der Waals surface area contributed by atoms with Gasteiger partial charge in [-0.05, 0) is 38.5 Å². The molecule has 6 nitrogen and oxygen atoms in total. The molecule has 0 heterocycles. The minimum absolute atomic E-state index is 0.0175. The van der Waals surface area contributed by atoms with E-state index in [9.17, 15) is 14.4 Å². The molecule has 1 aromatic carbocycles. The van der Waals surface area contributed by atoms with Crippen molar-refractivity contribution in [3.8, 4) is 0 Å². The average molecular weight is 292 g/mol. The molecule has 1 aromatic rings. The number of hydrogen-bond donors (Lipinski definition) is 2. The Balaban J connectivity index is 3.14. The molecule has 21 heavy (non-hydrogen) atoms. The first-order valence-corrected chi connectivity index (χ1v) is 6.54. The van der Waals surface area contributed by atoms with E-state index in [1.165, 1.54) is 21.0 Å². The molecule has 2 N–H and O–H groups in total. The Morgan fingerprint density at radius 3 is 1.76 bits per heavy atom. The van der Waals surface area contributed by atoms with E-state index >= 15 is 0 Å². The number of anilines is 2. The highest BCUT2D eigenvalue weighted by atomic mass is 16.5. The number of ketones is 2. The second-order valence-corrected chi connectivity index (χ2v) is 4.80. The summed E-state index contributed by atoms with van der Waals surface area (Å²) in [7, 11) is 1.30. The van der Waals surface area contributed by atoms with Gasteiger partial charge in [0.15, 0.2) is 0 Å². The van der Waals surface area contributed by atoms with Gasteiger partial charge in [-0.25, -0.2) is 4.79 Å². The fourth-order valence-electron chi connectivity index (χ4n) is 1.76. The maximum Gasteiger partial charge on any atom is 0.337 e. The standard InChI is InChI=1S/C15H20N2O4/c1-9(18)7-16-13-5-12(15(20)21-4)6-14(11(13)3)17-8-10(2)19/h5-6,16-17H,7-8H2,1-4H3. The first kappa shape index (κ1) is 16.7. The molecule has 0 atom stereocenters. The number of nitrogens with one attached hydrogen (secondary N) is 2.